The number of hydrogen-bond acceptors (Lipinski definition) is 3. The van der Waals surface area contributed by atoms with Gasteiger partial charge in [-0.25, -0.2) is 0 Å². The Kier molecular flexibility index (Phi) is 5.49. The van der Waals surface area contributed by atoms with Crippen molar-refractivity contribution in [1.82, 2.24) is 4.90 Å². The smallest absolute Gasteiger partial charge is 0.222 e. The monoisotopic (exact) mass is 237 g/mol. The number of rotatable bonds is 6. The van der Waals surface area contributed by atoms with E-state index in [1.54, 1.807) is 12.0 Å². The van der Waals surface area contributed by atoms with Gasteiger partial charge in [0, 0.05) is 25.1 Å². The highest BCUT2D eigenvalue weighted by Crippen LogP contribution is 2.19. The van der Waals surface area contributed by atoms with Crippen molar-refractivity contribution in [2.45, 2.75) is 19.9 Å². The van der Waals surface area contributed by atoms with Gasteiger partial charge in [-0.1, -0.05) is 25.1 Å². The van der Waals surface area contributed by atoms with Crippen LogP contribution in [0, 0.1) is 0 Å². The van der Waals surface area contributed by atoms with E-state index in [4.69, 9.17) is 9.84 Å². The minimum Gasteiger partial charge on any atom is -0.496 e. The maximum Gasteiger partial charge on any atom is 0.222 e. The second kappa shape index (κ2) is 6.91. The van der Waals surface area contributed by atoms with Crippen LogP contribution in [0.15, 0.2) is 24.3 Å². The van der Waals surface area contributed by atoms with Gasteiger partial charge in [-0.3, -0.25) is 4.79 Å². The second-order valence-corrected chi connectivity index (χ2v) is 3.70. The molecule has 0 bridgehead atoms. The first-order valence-electron chi connectivity index (χ1n) is 5.73. The van der Waals surface area contributed by atoms with Crippen LogP contribution in [-0.4, -0.2) is 36.2 Å². The molecular formula is C13H19NO3. The molecule has 0 aliphatic rings. The van der Waals surface area contributed by atoms with Gasteiger partial charge in [0.05, 0.1) is 13.7 Å². The zero-order valence-corrected chi connectivity index (χ0v) is 10.3. The molecule has 0 unspecified atom stereocenters. The lowest BCUT2D eigenvalue weighted by Gasteiger charge is -2.22. The van der Waals surface area contributed by atoms with Gasteiger partial charge in [-0.15, -0.1) is 0 Å². The lowest BCUT2D eigenvalue weighted by Crippen LogP contribution is -2.32. The van der Waals surface area contributed by atoms with Gasteiger partial charge in [-0.2, -0.15) is 0 Å². The molecule has 0 aromatic heterocycles. The van der Waals surface area contributed by atoms with Gasteiger partial charge < -0.3 is 14.7 Å². The third kappa shape index (κ3) is 3.75. The van der Waals surface area contributed by atoms with Gasteiger partial charge in [-0.05, 0) is 6.07 Å². The van der Waals surface area contributed by atoms with Gasteiger partial charge >= 0.3 is 0 Å². The van der Waals surface area contributed by atoms with Crippen molar-refractivity contribution in [1.29, 1.82) is 0 Å². The molecule has 0 aliphatic carbocycles. The summed E-state index contributed by atoms with van der Waals surface area (Å²) in [7, 11) is 1.61. The first kappa shape index (κ1) is 13.5. The number of methoxy groups -OCH3 is 1. The number of carbonyl (C=O) groups is 1. The average molecular weight is 237 g/mol. The Morgan fingerprint density at radius 3 is 2.71 bits per heavy atom. The second-order valence-electron chi connectivity index (χ2n) is 3.70. The lowest BCUT2D eigenvalue weighted by atomic mass is 10.2. The molecule has 0 heterocycles. The summed E-state index contributed by atoms with van der Waals surface area (Å²) in [4.78, 5) is 13.3. The van der Waals surface area contributed by atoms with Gasteiger partial charge in [0.15, 0.2) is 0 Å². The highest BCUT2D eigenvalue weighted by Gasteiger charge is 2.13. The molecule has 17 heavy (non-hydrogen) atoms. The Bertz CT molecular complexity index is 365. The van der Waals surface area contributed by atoms with Gasteiger partial charge in [0.25, 0.3) is 0 Å². The number of aliphatic hydroxyl groups excluding tert-OH is 1. The fraction of sp³-hybridized carbons (Fsp3) is 0.462. The summed E-state index contributed by atoms with van der Waals surface area (Å²) in [6.07, 6.45) is 0.440. The molecule has 1 N–H and O–H groups in total. The number of amides is 1. The van der Waals surface area contributed by atoms with E-state index in [9.17, 15) is 4.79 Å². The fourth-order valence-electron chi connectivity index (χ4n) is 1.68. The molecular weight excluding hydrogens is 218 g/mol. The van der Waals surface area contributed by atoms with Crippen molar-refractivity contribution >= 4 is 5.91 Å². The predicted molar refractivity (Wildman–Crippen MR) is 65.8 cm³/mol. The fourth-order valence-corrected chi connectivity index (χ4v) is 1.68. The normalized spacial score (nSPS) is 10.1. The van der Waals surface area contributed by atoms with Crippen molar-refractivity contribution in [2.75, 3.05) is 20.3 Å². The third-order valence-electron chi connectivity index (χ3n) is 2.58. The Balaban J connectivity index is 2.81. The van der Waals surface area contributed by atoms with Crippen LogP contribution in [-0.2, 0) is 11.3 Å². The van der Waals surface area contributed by atoms with Crippen LogP contribution in [0.1, 0.15) is 18.9 Å². The highest BCUT2D eigenvalue weighted by molar-refractivity contribution is 5.75. The number of ether oxygens (including phenoxy) is 1. The van der Waals surface area contributed by atoms with Crippen LogP contribution in [0.2, 0.25) is 0 Å². The van der Waals surface area contributed by atoms with Crippen LogP contribution in [0.3, 0.4) is 0 Å². The Hall–Kier alpha value is -1.55. The van der Waals surface area contributed by atoms with Crippen molar-refractivity contribution < 1.29 is 14.6 Å². The first-order chi connectivity index (χ1) is 8.22. The molecule has 0 spiro atoms. The van der Waals surface area contributed by atoms with E-state index in [-0.39, 0.29) is 12.5 Å². The van der Waals surface area contributed by atoms with E-state index in [0.717, 1.165) is 11.3 Å². The number of carbonyl (C=O) groups excluding carboxylic acids is 1. The number of hydrogen-bond donors (Lipinski definition) is 1. The van der Waals surface area contributed by atoms with Crippen molar-refractivity contribution in [3.05, 3.63) is 29.8 Å². The van der Waals surface area contributed by atoms with Crippen molar-refractivity contribution in [2.24, 2.45) is 0 Å². The van der Waals surface area contributed by atoms with E-state index in [2.05, 4.69) is 0 Å². The van der Waals surface area contributed by atoms with E-state index < -0.39 is 0 Å². The molecule has 1 aromatic rings. The zero-order chi connectivity index (χ0) is 12.7. The highest BCUT2D eigenvalue weighted by atomic mass is 16.5. The van der Waals surface area contributed by atoms with E-state index >= 15 is 0 Å². The van der Waals surface area contributed by atoms with E-state index in [0.29, 0.717) is 19.5 Å². The molecule has 0 fully saturated rings. The molecule has 0 atom stereocenters. The standard InChI is InChI=1S/C13H19NO3/c1-3-13(16)14(8-9-15)10-11-6-4-5-7-12(11)17-2/h4-7,15H,3,8-10H2,1-2H3. The van der Waals surface area contributed by atoms with Gasteiger partial charge in [0.1, 0.15) is 5.75 Å². The van der Waals surface area contributed by atoms with Gasteiger partial charge in [0.2, 0.25) is 5.91 Å². The number of nitrogens with zero attached hydrogens (tertiary/aromatic N) is 1. The summed E-state index contributed by atoms with van der Waals surface area (Å²) in [5.74, 6) is 0.796. The van der Waals surface area contributed by atoms with E-state index in [1.165, 1.54) is 0 Å². The summed E-state index contributed by atoms with van der Waals surface area (Å²) in [5, 5.41) is 8.96. The molecule has 0 saturated carbocycles. The van der Waals surface area contributed by atoms with Crippen LogP contribution in [0.25, 0.3) is 0 Å². The molecule has 1 aromatic carbocycles. The topological polar surface area (TPSA) is 49.8 Å². The van der Waals surface area contributed by atoms with Crippen LogP contribution >= 0.6 is 0 Å². The maximum atomic E-state index is 11.7. The predicted octanol–water partition coefficient (Wildman–Crippen LogP) is 1.43. The summed E-state index contributed by atoms with van der Waals surface area (Å²) in [5.41, 5.74) is 0.949. The molecule has 0 aliphatic heterocycles. The molecule has 94 valence electrons. The summed E-state index contributed by atoms with van der Waals surface area (Å²) >= 11 is 0. The molecule has 0 saturated heterocycles. The quantitative estimate of drug-likeness (QED) is 0.814. The van der Waals surface area contributed by atoms with Crippen LogP contribution in [0.4, 0.5) is 0 Å². The van der Waals surface area contributed by atoms with Crippen LogP contribution < -0.4 is 4.74 Å². The third-order valence-corrected chi connectivity index (χ3v) is 2.58. The Morgan fingerprint density at radius 1 is 1.41 bits per heavy atom. The lowest BCUT2D eigenvalue weighted by molar-refractivity contribution is -0.132. The van der Waals surface area contributed by atoms with Crippen molar-refractivity contribution in [3.63, 3.8) is 0 Å². The minimum absolute atomic E-state index is 0.0269. The first-order valence-corrected chi connectivity index (χ1v) is 5.73. The van der Waals surface area contributed by atoms with Crippen molar-refractivity contribution in [3.8, 4) is 5.75 Å². The molecule has 1 amide bonds. The summed E-state index contributed by atoms with van der Waals surface area (Å²) < 4.78 is 5.24. The van der Waals surface area contributed by atoms with E-state index in [1.807, 2.05) is 31.2 Å². The molecule has 4 heteroatoms. The zero-order valence-electron chi connectivity index (χ0n) is 10.3. The van der Waals surface area contributed by atoms with Crippen LogP contribution in [0.5, 0.6) is 5.75 Å². The maximum absolute atomic E-state index is 11.7. The number of aliphatic hydroxyl groups is 1. The molecule has 0 radical (unpaired) electrons. The number of para-hydroxylation sites is 1. The largest absolute Gasteiger partial charge is 0.496 e. The summed E-state index contributed by atoms with van der Waals surface area (Å²) in [6.45, 7) is 2.61. The minimum atomic E-state index is -0.0269. The molecule has 4 nitrogen and oxygen atoms in total. The summed E-state index contributed by atoms with van der Waals surface area (Å²) in [6, 6.07) is 7.58. The number of benzene rings is 1. The molecule has 1 rings (SSSR count). The SMILES string of the molecule is CCC(=O)N(CCO)Cc1ccccc1OC. The Labute approximate surface area is 102 Å². The average Bonchev–Trinajstić information content (AvgIpc) is 2.38. The Morgan fingerprint density at radius 2 is 2.12 bits per heavy atom.